The molecule has 1 saturated heterocycles. The van der Waals surface area contributed by atoms with Gasteiger partial charge in [-0.1, -0.05) is 23.7 Å². The minimum Gasteiger partial charge on any atom is -0.373 e. The second-order valence-electron chi connectivity index (χ2n) is 5.33. The Labute approximate surface area is 123 Å². The topological polar surface area (TPSA) is 27.7 Å². The van der Waals surface area contributed by atoms with Crippen LogP contribution in [0.15, 0.2) is 18.2 Å². The molecule has 3 nitrogen and oxygen atoms in total. The minimum absolute atomic E-state index is 0.131. The van der Waals surface area contributed by atoms with Crippen molar-refractivity contribution in [3.8, 4) is 0 Å². The van der Waals surface area contributed by atoms with Crippen LogP contribution in [0.1, 0.15) is 31.2 Å². The zero-order chi connectivity index (χ0) is 14.0. The molecule has 110 valence electrons. The van der Waals surface area contributed by atoms with E-state index in [1.165, 1.54) is 0 Å². The molecule has 1 spiro atoms. The predicted octanol–water partition coefficient (Wildman–Crippen LogP) is 3.68. The van der Waals surface area contributed by atoms with Crippen LogP contribution in [-0.2, 0) is 20.8 Å². The lowest BCUT2D eigenvalue weighted by molar-refractivity contribution is -0.192. The van der Waals surface area contributed by atoms with Crippen molar-refractivity contribution in [2.24, 2.45) is 0 Å². The highest BCUT2D eigenvalue weighted by atomic mass is 35.5. The molecular formula is C15H18ClFO3. The van der Waals surface area contributed by atoms with Gasteiger partial charge in [0.1, 0.15) is 5.82 Å². The van der Waals surface area contributed by atoms with Crippen LogP contribution in [0.2, 0.25) is 5.02 Å². The van der Waals surface area contributed by atoms with E-state index in [1.807, 2.05) is 0 Å². The molecular weight excluding hydrogens is 283 g/mol. The van der Waals surface area contributed by atoms with Gasteiger partial charge >= 0.3 is 0 Å². The van der Waals surface area contributed by atoms with E-state index in [1.54, 1.807) is 18.2 Å². The van der Waals surface area contributed by atoms with Gasteiger partial charge in [-0.05, 0) is 18.9 Å². The fraction of sp³-hybridized carbons (Fsp3) is 0.600. The predicted molar refractivity (Wildman–Crippen MR) is 73.1 cm³/mol. The minimum atomic E-state index is -0.385. The standard InChI is InChI=1S/C15H18ClFO3/c16-13-3-1-2-11(14(13)17)10-18-12-4-6-15(7-5-12)19-8-9-20-15/h1-3,12H,4-10H2. The Bertz CT molecular complexity index is 464. The van der Waals surface area contributed by atoms with Gasteiger partial charge in [-0.25, -0.2) is 4.39 Å². The number of benzene rings is 1. The normalized spacial score (nSPS) is 22.5. The number of halogens is 2. The van der Waals surface area contributed by atoms with Gasteiger partial charge in [-0.3, -0.25) is 0 Å². The lowest BCUT2D eigenvalue weighted by Gasteiger charge is -2.35. The van der Waals surface area contributed by atoms with E-state index >= 15 is 0 Å². The van der Waals surface area contributed by atoms with Gasteiger partial charge in [0.25, 0.3) is 0 Å². The summed E-state index contributed by atoms with van der Waals surface area (Å²) in [5.74, 6) is -0.759. The maximum Gasteiger partial charge on any atom is 0.168 e. The highest BCUT2D eigenvalue weighted by Crippen LogP contribution is 2.37. The molecule has 2 aliphatic rings. The second-order valence-corrected chi connectivity index (χ2v) is 5.74. The summed E-state index contributed by atoms with van der Waals surface area (Å²) >= 11 is 5.75. The van der Waals surface area contributed by atoms with Crippen LogP contribution in [0.4, 0.5) is 4.39 Å². The number of hydrogen-bond donors (Lipinski definition) is 0. The monoisotopic (exact) mass is 300 g/mol. The number of rotatable bonds is 3. The van der Waals surface area contributed by atoms with Crippen LogP contribution in [0.5, 0.6) is 0 Å². The van der Waals surface area contributed by atoms with Crippen LogP contribution in [0.3, 0.4) is 0 Å². The first kappa shape index (κ1) is 14.3. The van der Waals surface area contributed by atoms with Crippen LogP contribution >= 0.6 is 11.6 Å². The Morgan fingerprint density at radius 2 is 1.95 bits per heavy atom. The summed E-state index contributed by atoms with van der Waals surface area (Å²) in [4.78, 5) is 0. The molecule has 0 atom stereocenters. The summed E-state index contributed by atoms with van der Waals surface area (Å²) in [7, 11) is 0. The molecule has 1 aliphatic carbocycles. The van der Waals surface area contributed by atoms with Crippen LogP contribution in [0, 0.1) is 5.82 Å². The molecule has 0 bridgehead atoms. The third-order valence-corrected chi connectivity index (χ3v) is 4.31. The molecule has 5 heteroatoms. The third kappa shape index (κ3) is 2.98. The number of hydrogen-bond acceptors (Lipinski definition) is 3. The van der Waals surface area contributed by atoms with E-state index in [9.17, 15) is 4.39 Å². The average molecular weight is 301 g/mol. The molecule has 1 aromatic carbocycles. The lowest BCUT2D eigenvalue weighted by atomic mass is 9.92. The molecule has 2 fully saturated rings. The van der Waals surface area contributed by atoms with Crippen molar-refractivity contribution in [2.75, 3.05) is 13.2 Å². The molecule has 20 heavy (non-hydrogen) atoms. The van der Waals surface area contributed by atoms with Gasteiger partial charge in [0.05, 0.1) is 30.9 Å². The Morgan fingerprint density at radius 3 is 2.65 bits per heavy atom. The Morgan fingerprint density at radius 1 is 1.25 bits per heavy atom. The fourth-order valence-corrected chi connectivity index (χ4v) is 3.05. The van der Waals surface area contributed by atoms with Crippen molar-refractivity contribution >= 4 is 11.6 Å². The molecule has 0 aromatic heterocycles. The van der Waals surface area contributed by atoms with Gasteiger partial charge in [-0.2, -0.15) is 0 Å². The van der Waals surface area contributed by atoms with Crippen LogP contribution in [-0.4, -0.2) is 25.1 Å². The lowest BCUT2D eigenvalue weighted by Crippen LogP contribution is -2.37. The Hall–Kier alpha value is -0.680. The third-order valence-electron chi connectivity index (χ3n) is 4.01. The summed E-state index contributed by atoms with van der Waals surface area (Å²) in [6.07, 6.45) is 3.57. The first-order chi connectivity index (χ1) is 9.69. The fourth-order valence-electron chi connectivity index (χ4n) is 2.85. The van der Waals surface area contributed by atoms with Gasteiger partial charge < -0.3 is 14.2 Å². The van der Waals surface area contributed by atoms with Crippen molar-refractivity contribution in [1.29, 1.82) is 0 Å². The van der Waals surface area contributed by atoms with E-state index in [2.05, 4.69) is 0 Å². The van der Waals surface area contributed by atoms with E-state index in [-0.39, 0.29) is 29.3 Å². The van der Waals surface area contributed by atoms with Gasteiger partial charge in [-0.15, -0.1) is 0 Å². The van der Waals surface area contributed by atoms with Crippen molar-refractivity contribution in [1.82, 2.24) is 0 Å². The average Bonchev–Trinajstić information content (AvgIpc) is 2.91. The summed E-state index contributed by atoms with van der Waals surface area (Å²) in [6.45, 7) is 1.62. The summed E-state index contributed by atoms with van der Waals surface area (Å²) < 4.78 is 30.9. The quantitative estimate of drug-likeness (QED) is 0.852. The van der Waals surface area contributed by atoms with E-state index < -0.39 is 0 Å². The highest BCUT2D eigenvalue weighted by molar-refractivity contribution is 6.30. The number of ether oxygens (including phenoxy) is 3. The summed E-state index contributed by atoms with van der Waals surface area (Å²) in [5.41, 5.74) is 0.506. The molecule has 1 saturated carbocycles. The molecule has 0 amide bonds. The smallest absolute Gasteiger partial charge is 0.168 e. The second kappa shape index (κ2) is 5.98. The van der Waals surface area contributed by atoms with Crippen LogP contribution in [0.25, 0.3) is 0 Å². The largest absolute Gasteiger partial charge is 0.373 e. The van der Waals surface area contributed by atoms with E-state index in [4.69, 9.17) is 25.8 Å². The van der Waals surface area contributed by atoms with Crippen molar-refractivity contribution < 1.29 is 18.6 Å². The molecule has 1 heterocycles. The molecule has 1 aromatic rings. The van der Waals surface area contributed by atoms with E-state index in [0.29, 0.717) is 18.8 Å². The molecule has 1 aliphatic heterocycles. The maximum atomic E-state index is 13.7. The first-order valence-corrected chi connectivity index (χ1v) is 7.39. The first-order valence-electron chi connectivity index (χ1n) is 7.01. The highest BCUT2D eigenvalue weighted by Gasteiger charge is 2.40. The van der Waals surface area contributed by atoms with Crippen molar-refractivity contribution in [3.63, 3.8) is 0 Å². The van der Waals surface area contributed by atoms with E-state index in [0.717, 1.165) is 25.7 Å². The molecule has 0 radical (unpaired) electrons. The van der Waals surface area contributed by atoms with Gasteiger partial charge in [0, 0.05) is 18.4 Å². The zero-order valence-electron chi connectivity index (χ0n) is 11.2. The van der Waals surface area contributed by atoms with Crippen molar-refractivity contribution in [3.05, 3.63) is 34.6 Å². The molecule has 3 rings (SSSR count). The van der Waals surface area contributed by atoms with Crippen molar-refractivity contribution in [2.45, 2.75) is 44.2 Å². The molecule has 0 unspecified atom stereocenters. The molecule has 0 N–H and O–H groups in total. The Kier molecular flexibility index (Phi) is 4.26. The summed E-state index contributed by atoms with van der Waals surface area (Å²) in [5, 5.41) is 0.140. The SMILES string of the molecule is Fc1c(Cl)cccc1COC1CCC2(CC1)OCCO2. The van der Waals surface area contributed by atoms with Gasteiger partial charge in [0.15, 0.2) is 5.79 Å². The maximum absolute atomic E-state index is 13.7. The summed E-state index contributed by atoms with van der Waals surface area (Å²) in [6, 6.07) is 4.98. The zero-order valence-corrected chi connectivity index (χ0v) is 12.0. The van der Waals surface area contributed by atoms with Gasteiger partial charge in [0.2, 0.25) is 0 Å². The Balaban J connectivity index is 1.51. The van der Waals surface area contributed by atoms with Crippen LogP contribution < -0.4 is 0 Å².